The summed E-state index contributed by atoms with van der Waals surface area (Å²) in [5, 5.41) is 10.7. The van der Waals surface area contributed by atoms with Crippen molar-refractivity contribution in [2.24, 2.45) is 0 Å². The van der Waals surface area contributed by atoms with Gasteiger partial charge in [0.1, 0.15) is 6.61 Å². The van der Waals surface area contributed by atoms with E-state index in [0.717, 1.165) is 50.1 Å². The number of aryl methyl sites for hydroxylation is 2. The number of ether oxygens (including phenoxy) is 1. The van der Waals surface area contributed by atoms with Gasteiger partial charge in [-0.3, -0.25) is 9.59 Å². The summed E-state index contributed by atoms with van der Waals surface area (Å²) in [5.74, 6) is -1.00. The second kappa shape index (κ2) is 7.61. The van der Waals surface area contributed by atoms with Crippen molar-refractivity contribution in [1.29, 1.82) is 0 Å². The van der Waals surface area contributed by atoms with Gasteiger partial charge in [0.15, 0.2) is 0 Å². The largest absolute Gasteiger partial charge is 0.481 e. The molecule has 30 heavy (non-hydrogen) atoms. The lowest BCUT2D eigenvalue weighted by Gasteiger charge is -2.32. The van der Waals surface area contributed by atoms with Crippen molar-refractivity contribution in [2.45, 2.75) is 33.7 Å². The summed E-state index contributed by atoms with van der Waals surface area (Å²) in [6, 6.07) is 10.3. The lowest BCUT2D eigenvalue weighted by atomic mass is 9.88. The Labute approximate surface area is 175 Å². The number of rotatable bonds is 5. The molecule has 6 heteroatoms. The molecule has 0 unspecified atom stereocenters. The molecule has 6 nitrogen and oxygen atoms in total. The Morgan fingerprint density at radius 3 is 2.43 bits per heavy atom. The van der Waals surface area contributed by atoms with Crippen molar-refractivity contribution in [2.75, 3.05) is 25.2 Å². The molecule has 1 aromatic heterocycles. The molecular formula is C24H26N2O4. The van der Waals surface area contributed by atoms with Crippen molar-refractivity contribution < 1.29 is 19.4 Å². The number of hydrogen-bond acceptors (Lipinski definition) is 3. The van der Waals surface area contributed by atoms with E-state index in [0.29, 0.717) is 13.1 Å². The SMILES string of the molecule is COCC(=O)N1CCn2c(C)cc3c(-c4ccc(C)cc4)c(CC(=O)O)c(C)c1c32. The number of aliphatic carboxylic acids is 1. The average Bonchev–Trinajstić information content (AvgIpc) is 3.03. The van der Waals surface area contributed by atoms with E-state index in [1.54, 1.807) is 4.90 Å². The summed E-state index contributed by atoms with van der Waals surface area (Å²) in [7, 11) is 1.51. The fraction of sp³-hybridized carbons (Fsp3) is 0.333. The van der Waals surface area contributed by atoms with Crippen molar-refractivity contribution in [1.82, 2.24) is 4.57 Å². The highest BCUT2D eigenvalue weighted by Crippen LogP contribution is 2.44. The Hall–Kier alpha value is -3.12. The summed E-state index contributed by atoms with van der Waals surface area (Å²) >= 11 is 0. The van der Waals surface area contributed by atoms with Gasteiger partial charge in [-0.2, -0.15) is 0 Å². The van der Waals surface area contributed by atoms with E-state index >= 15 is 0 Å². The summed E-state index contributed by atoms with van der Waals surface area (Å²) in [6.45, 7) is 7.25. The molecule has 2 heterocycles. The number of benzene rings is 2. The molecule has 0 aliphatic carbocycles. The molecule has 0 saturated heterocycles. The van der Waals surface area contributed by atoms with Crippen molar-refractivity contribution in [3.63, 3.8) is 0 Å². The van der Waals surface area contributed by atoms with E-state index in [-0.39, 0.29) is 18.9 Å². The second-order valence-corrected chi connectivity index (χ2v) is 7.94. The Balaban J connectivity index is 2.09. The van der Waals surface area contributed by atoms with Crippen LogP contribution in [0, 0.1) is 20.8 Å². The van der Waals surface area contributed by atoms with Crippen LogP contribution >= 0.6 is 0 Å². The van der Waals surface area contributed by atoms with Gasteiger partial charge in [0.25, 0.3) is 5.91 Å². The first kappa shape index (κ1) is 20.2. The van der Waals surface area contributed by atoms with Gasteiger partial charge in [-0.05, 0) is 49.1 Å². The Morgan fingerprint density at radius 1 is 1.10 bits per heavy atom. The van der Waals surface area contributed by atoms with Gasteiger partial charge in [-0.15, -0.1) is 0 Å². The van der Waals surface area contributed by atoms with E-state index in [1.165, 1.54) is 7.11 Å². The van der Waals surface area contributed by atoms with Crippen molar-refractivity contribution in [3.05, 3.63) is 52.7 Å². The predicted molar refractivity (Wildman–Crippen MR) is 117 cm³/mol. The van der Waals surface area contributed by atoms with E-state index in [9.17, 15) is 14.7 Å². The first-order valence-electron chi connectivity index (χ1n) is 10.1. The molecular weight excluding hydrogens is 380 g/mol. The Bertz CT molecular complexity index is 1160. The van der Waals surface area contributed by atoms with E-state index in [2.05, 4.69) is 17.6 Å². The van der Waals surface area contributed by atoms with Crippen LogP contribution in [0.2, 0.25) is 0 Å². The highest BCUT2D eigenvalue weighted by molar-refractivity contribution is 6.11. The molecule has 0 bridgehead atoms. The molecule has 0 atom stereocenters. The molecule has 4 rings (SSSR count). The minimum Gasteiger partial charge on any atom is -0.481 e. The average molecular weight is 406 g/mol. The topological polar surface area (TPSA) is 71.8 Å². The fourth-order valence-corrected chi connectivity index (χ4v) is 4.60. The number of carbonyl (C=O) groups is 2. The van der Waals surface area contributed by atoms with Gasteiger partial charge in [-0.1, -0.05) is 29.8 Å². The van der Waals surface area contributed by atoms with Gasteiger partial charge in [0.05, 0.1) is 17.6 Å². The van der Waals surface area contributed by atoms with E-state index < -0.39 is 5.97 Å². The highest BCUT2D eigenvalue weighted by atomic mass is 16.5. The number of nitrogens with zero attached hydrogens (tertiary/aromatic N) is 2. The first-order valence-corrected chi connectivity index (χ1v) is 10.1. The van der Waals surface area contributed by atoms with E-state index in [4.69, 9.17) is 4.74 Å². The molecule has 0 spiro atoms. The Morgan fingerprint density at radius 2 is 1.80 bits per heavy atom. The second-order valence-electron chi connectivity index (χ2n) is 7.94. The standard InChI is InChI=1S/C24H26N2O4/c1-14-5-7-17(8-6-14)22-18(12-21(28)29)16(3)23-24-19(22)11-15(2)25(24)9-10-26(23)20(27)13-30-4/h5-8,11H,9-10,12-13H2,1-4H3,(H,28,29). The molecule has 2 aromatic carbocycles. The van der Waals surface area contributed by atoms with Crippen LogP contribution in [0.15, 0.2) is 30.3 Å². The maximum Gasteiger partial charge on any atom is 0.307 e. The van der Waals surface area contributed by atoms with Crippen LogP contribution < -0.4 is 4.90 Å². The zero-order chi connectivity index (χ0) is 21.6. The molecule has 1 N–H and O–H groups in total. The number of amides is 1. The van der Waals surface area contributed by atoms with Gasteiger partial charge in [0, 0.05) is 31.3 Å². The molecule has 0 fully saturated rings. The number of aromatic nitrogens is 1. The molecule has 1 amide bonds. The molecule has 0 radical (unpaired) electrons. The quantitative estimate of drug-likeness (QED) is 0.699. The minimum absolute atomic E-state index is 0.00536. The first-order chi connectivity index (χ1) is 14.3. The normalized spacial score (nSPS) is 13.1. The van der Waals surface area contributed by atoms with Crippen LogP contribution in [0.25, 0.3) is 22.0 Å². The van der Waals surface area contributed by atoms with Crippen LogP contribution in [0.5, 0.6) is 0 Å². The summed E-state index contributed by atoms with van der Waals surface area (Å²) in [6.07, 6.45) is -0.103. The fourth-order valence-electron chi connectivity index (χ4n) is 4.60. The number of hydrogen-bond donors (Lipinski definition) is 1. The number of methoxy groups -OCH3 is 1. The molecule has 1 aliphatic rings. The lowest BCUT2D eigenvalue weighted by molar-refractivity contribution is -0.136. The van der Waals surface area contributed by atoms with Crippen molar-refractivity contribution in [3.8, 4) is 11.1 Å². The van der Waals surface area contributed by atoms with Crippen LogP contribution in [0.1, 0.15) is 22.4 Å². The van der Waals surface area contributed by atoms with E-state index in [1.807, 2.05) is 38.1 Å². The Kier molecular flexibility index (Phi) is 5.12. The third-order valence-corrected chi connectivity index (χ3v) is 5.96. The predicted octanol–water partition coefficient (Wildman–Crippen LogP) is 3.85. The zero-order valence-electron chi connectivity index (χ0n) is 17.8. The molecule has 156 valence electrons. The van der Waals surface area contributed by atoms with Crippen LogP contribution in [-0.4, -0.2) is 41.8 Å². The number of carbonyl (C=O) groups excluding carboxylic acids is 1. The number of carboxylic acid groups (broad SMARTS) is 1. The third-order valence-electron chi connectivity index (χ3n) is 5.96. The van der Waals surface area contributed by atoms with Gasteiger partial charge >= 0.3 is 5.97 Å². The maximum absolute atomic E-state index is 12.8. The summed E-state index contributed by atoms with van der Waals surface area (Å²) in [4.78, 5) is 26.4. The van der Waals surface area contributed by atoms with Crippen LogP contribution in [-0.2, 0) is 27.3 Å². The summed E-state index contributed by atoms with van der Waals surface area (Å²) < 4.78 is 7.33. The molecule has 3 aromatic rings. The minimum atomic E-state index is -0.889. The number of carboxylic acids is 1. The summed E-state index contributed by atoms with van der Waals surface area (Å²) in [5.41, 5.74) is 7.57. The van der Waals surface area contributed by atoms with Crippen LogP contribution in [0.4, 0.5) is 5.69 Å². The van der Waals surface area contributed by atoms with Crippen molar-refractivity contribution >= 4 is 28.5 Å². The van der Waals surface area contributed by atoms with Crippen LogP contribution in [0.3, 0.4) is 0 Å². The molecule has 0 saturated carbocycles. The van der Waals surface area contributed by atoms with Gasteiger partial charge in [0.2, 0.25) is 0 Å². The third kappa shape index (κ3) is 3.17. The molecule has 1 aliphatic heterocycles. The van der Waals surface area contributed by atoms with Gasteiger partial charge in [-0.25, -0.2) is 0 Å². The smallest absolute Gasteiger partial charge is 0.307 e. The van der Waals surface area contributed by atoms with Gasteiger partial charge < -0.3 is 19.3 Å². The highest BCUT2D eigenvalue weighted by Gasteiger charge is 2.31. The number of anilines is 1. The monoisotopic (exact) mass is 406 g/mol. The lowest BCUT2D eigenvalue weighted by Crippen LogP contribution is -2.40. The zero-order valence-corrected chi connectivity index (χ0v) is 17.8. The maximum atomic E-state index is 12.8.